The molecule has 0 radical (unpaired) electrons. The Bertz CT molecular complexity index is 445. The molecule has 0 bridgehead atoms. The van der Waals surface area contributed by atoms with Crippen molar-refractivity contribution >= 4 is 11.5 Å². The number of anilines is 1. The topological polar surface area (TPSA) is 28.1 Å². The van der Waals surface area contributed by atoms with Crippen molar-refractivity contribution in [2.45, 2.75) is 6.92 Å². The summed E-state index contributed by atoms with van der Waals surface area (Å²) in [6.07, 6.45) is 1.74. The smallest absolute Gasteiger partial charge is 0.167 e. The summed E-state index contributed by atoms with van der Waals surface area (Å²) in [6.45, 7) is 9.72. The molecule has 1 heterocycles. The molecule has 1 aromatic rings. The fourth-order valence-electron chi connectivity index (χ4n) is 2.27. The van der Waals surface area contributed by atoms with Gasteiger partial charge in [0.05, 0.1) is 0 Å². The van der Waals surface area contributed by atoms with Crippen LogP contribution in [0, 0.1) is 6.92 Å². The van der Waals surface area contributed by atoms with Crippen molar-refractivity contribution in [2.24, 2.45) is 5.16 Å². The Hall–Kier alpha value is -1.97. The van der Waals surface area contributed by atoms with Gasteiger partial charge in [-0.05, 0) is 25.1 Å². The first kappa shape index (κ1) is 13.5. The van der Waals surface area contributed by atoms with Crippen LogP contribution in [0.25, 0.3) is 0 Å². The van der Waals surface area contributed by atoms with Gasteiger partial charge in [-0.2, -0.15) is 0 Å². The number of amidine groups is 1. The molecule has 0 amide bonds. The molecular weight excluding hydrogens is 238 g/mol. The van der Waals surface area contributed by atoms with Crippen LogP contribution < -0.4 is 4.90 Å². The van der Waals surface area contributed by atoms with Crippen LogP contribution in [-0.2, 0) is 4.84 Å². The minimum absolute atomic E-state index is 0.811. The summed E-state index contributed by atoms with van der Waals surface area (Å²) in [6, 6.07) is 8.68. The highest BCUT2D eigenvalue weighted by Crippen LogP contribution is 2.17. The van der Waals surface area contributed by atoms with E-state index in [0.29, 0.717) is 0 Å². The van der Waals surface area contributed by atoms with Gasteiger partial charge < -0.3 is 14.6 Å². The molecule has 0 saturated carbocycles. The summed E-state index contributed by atoms with van der Waals surface area (Å²) in [5.41, 5.74) is 2.58. The molecule has 19 heavy (non-hydrogen) atoms. The fraction of sp³-hybridized carbons (Fsp3) is 0.400. The molecule has 0 aliphatic carbocycles. The monoisotopic (exact) mass is 259 g/mol. The van der Waals surface area contributed by atoms with Crippen LogP contribution in [0.5, 0.6) is 0 Å². The van der Waals surface area contributed by atoms with Crippen LogP contribution >= 0.6 is 0 Å². The van der Waals surface area contributed by atoms with Gasteiger partial charge in [0.1, 0.15) is 7.11 Å². The Morgan fingerprint density at radius 1 is 1.21 bits per heavy atom. The van der Waals surface area contributed by atoms with Gasteiger partial charge in [-0.25, -0.2) is 0 Å². The average molecular weight is 259 g/mol. The van der Waals surface area contributed by atoms with Gasteiger partial charge in [-0.3, -0.25) is 0 Å². The quantitative estimate of drug-likeness (QED) is 0.473. The van der Waals surface area contributed by atoms with Crippen LogP contribution in [0.3, 0.4) is 0 Å². The van der Waals surface area contributed by atoms with Crippen LogP contribution in [0.4, 0.5) is 5.69 Å². The number of nitrogens with zero attached hydrogens (tertiary/aromatic N) is 3. The molecular formula is C15H21N3O. The summed E-state index contributed by atoms with van der Waals surface area (Å²) in [5, 5.41) is 3.98. The molecule has 1 aliphatic heterocycles. The van der Waals surface area contributed by atoms with Crippen LogP contribution in [0.2, 0.25) is 0 Å². The second kappa shape index (κ2) is 6.27. The molecule has 1 aromatic carbocycles. The average Bonchev–Trinajstić information content (AvgIpc) is 2.46. The number of benzene rings is 1. The third-order valence-electron chi connectivity index (χ3n) is 3.37. The standard InChI is InChI=1S/C15H21N3O/c1-4-15(16-19-3)18-11-9-17(10-12-18)14-7-5-13(2)6-8-14/h4-8H,1,9-12H2,2-3H3/b16-15+. The number of rotatable bonds is 3. The van der Waals surface area contributed by atoms with E-state index < -0.39 is 0 Å². The van der Waals surface area contributed by atoms with E-state index in [0.717, 1.165) is 32.0 Å². The molecule has 0 N–H and O–H groups in total. The Balaban J connectivity index is 1.97. The number of oxime groups is 1. The van der Waals surface area contributed by atoms with E-state index in [9.17, 15) is 0 Å². The van der Waals surface area contributed by atoms with E-state index in [2.05, 4.69) is 52.7 Å². The van der Waals surface area contributed by atoms with Crippen molar-refractivity contribution in [2.75, 3.05) is 38.2 Å². The number of aryl methyl sites for hydroxylation is 1. The van der Waals surface area contributed by atoms with Gasteiger partial charge in [-0.15, -0.1) is 0 Å². The second-order valence-electron chi connectivity index (χ2n) is 4.65. The lowest BCUT2D eigenvalue weighted by Gasteiger charge is -2.36. The van der Waals surface area contributed by atoms with E-state index in [-0.39, 0.29) is 0 Å². The first-order chi connectivity index (χ1) is 9.24. The van der Waals surface area contributed by atoms with E-state index >= 15 is 0 Å². The maximum Gasteiger partial charge on any atom is 0.167 e. The molecule has 1 fully saturated rings. The SMILES string of the molecule is C=C/C(=N\OC)N1CCN(c2ccc(C)cc2)CC1. The zero-order valence-electron chi connectivity index (χ0n) is 11.7. The summed E-state index contributed by atoms with van der Waals surface area (Å²) in [7, 11) is 1.56. The zero-order valence-corrected chi connectivity index (χ0v) is 11.7. The van der Waals surface area contributed by atoms with Crippen LogP contribution in [-0.4, -0.2) is 44.0 Å². The number of piperazine rings is 1. The van der Waals surface area contributed by atoms with Crippen LogP contribution in [0.15, 0.2) is 42.1 Å². The molecule has 4 heteroatoms. The highest BCUT2D eigenvalue weighted by Gasteiger charge is 2.18. The van der Waals surface area contributed by atoms with E-state index in [1.165, 1.54) is 11.3 Å². The maximum atomic E-state index is 4.83. The number of hydrogen-bond acceptors (Lipinski definition) is 3. The van der Waals surface area contributed by atoms with Gasteiger partial charge in [0.15, 0.2) is 5.84 Å². The predicted octanol–water partition coefficient (Wildman–Crippen LogP) is 2.26. The lowest BCUT2D eigenvalue weighted by Crippen LogP contribution is -2.48. The maximum absolute atomic E-state index is 4.83. The van der Waals surface area contributed by atoms with E-state index in [1.807, 2.05) is 0 Å². The zero-order chi connectivity index (χ0) is 13.7. The highest BCUT2D eigenvalue weighted by molar-refractivity contribution is 5.92. The molecule has 0 aromatic heterocycles. The molecule has 1 aliphatic rings. The van der Waals surface area contributed by atoms with Gasteiger partial charge in [0.25, 0.3) is 0 Å². The summed E-state index contributed by atoms with van der Waals surface area (Å²) in [4.78, 5) is 9.42. The Kier molecular flexibility index (Phi) is 4.44. The summed E-state index contributed by atoms with van der Waals surface area (Å²) >= 11 is 0. The third kappa shape index (κ3) is 3.28. The Morgan fingerprint density at radius 3 is 2.37 bits per heavy atom. The summed E-state index contributed by atoms with van der Waals surface area (Å²) in [5.74, 6) is 0.811. The normalized spacial score (nSPS) is 16.4. The third-order valence-corrected chi connectivity index (χ3v) is 3.37. The van der Waals surface area contributed by atoms with Gasteiger partial charge in [-0.1, -0.05) is 29.4 Å². The first-order valence-electron chi connectivity index (χ1n) is 6.54. The fourth-order valence-corrected chi connectivity index (χ4v) is 2.27. The number of hydrogen-bond donors (Lipinski definition) is 0. The molecule has 0 spiro atoms. The van der Waals surface area contributed by atoms with Gasteiger partial charge in [0.2, 0.25) is 0 Å². The Labute approximate surface area is 115 Å². The van der Waals surface area contributed by atoms with Crippen molar-refractivity contribution in [3.63, 3.8) is 0 Å². The largest absolute Gasteiger partial charge is 0.397 e. The molecule has 0 atom stereocenters. The van der Waals surface area contributed by atoms with Crippen molar-refractivity contribution in [3.8, 4) is 0 Å². The second-order valence-corrected chi connectivity index (χ2v) is 4.65. The molecule has 1 saturated heterocycles. The lowest BCUT2D eigenvalue weighted by atomic mass is 10.2. The van der Waals surface area contributed by atoms with Crippen molar-refractivity contribution < 1.29 is 4.84 Å². The molecule has 102 valence electrons. The predicted molar refractivity (Wildman–Crippen MR) is 79.6 cm³/mol. The minimum atomic E-state index is 0.811. The lowest BCUT2D eigenvalue weighted by molar-refractivity contribution is 0.205. The van der Waals surface area contributed by atoms with Gasteiger partial charge >= 0.3 is 0 Å². The van der Waals surface area contributed by atoms with Crippen LogP contribution in [0.1, 0.15) is 5.56 Å². The van der Waals surface area contributed by atoms with E-state index in [4.69, 9.17) is 4.84 Å². The van der Waals surface area contributed by atoms with Gasteiger partial charge in [0, 0.05) is 31.9 Å². The van der Waals surface area contributed by atoms with Crippen molar-refractivity contribution in [1.29, 1.82) is 0 Å². The molecule has 0 unspecified atom stereocenters. The summed E-state index contributed by atoms with van der Waals surface area (Å²) < 4.78 is 0. The minimum Gasteiger partial charge on any atom is -0.397 e. The van der Waals surface area contributed by atoms with Crippen molar-refractivity contribution in [1.82, 2.24) is 4.90 Å². The highest BCUT2D eigenvalue weighted by atomic mass is 16.6. The molecule has 4 nitrogen and oxygen atoms in total. The Morgan fingerprint density at radius 2 is 1.84 bits per heavy atom. The van der Waals surface area contributed by atoms with E-state index in [1.54, 1.807) is 13.2 Å². The van der Waals surface area contributed by atoms with Crippen molar-refractivity contribution in [3.05, 3.63) is 42.5 Å². The first-order valence-corrected chi connectivity index (χ1v) is 6.54. The molecule has 2 rings (SSSR count).